The molecule has 0 bridgehead atoms. The summed E-state index contributed by atoms with van der Waals surface area (Å²) >= 11 is 7.00. The Labute approximate surface area is 200 Å². The molecule has 3 aromatic carbocycles. The normalized spacial score (nSPS) is 11.0. The van der Waals surface area contributed by atoms with E-state index in [0.717, 1.165) is 21.9 Å². The Morgan fingerprint density at radius 1 is 0.788 bits per heavy atom. The van der Waals surface area contributed by atoms with Crippen molar-refractivity contribution in [1.29, 1.82) is 0 Å². The molecule has 5 aromatic rings. The van der Waals surface area contributed by atoms with E-state index >= 15 is 0 Å². The summed E-state index contributed by atoms with van der Waals surface area (Å²) in [6, 6.07) is 31.6. The van der Waals surface area contributed by atoms with Gasteiger partial charge in [0.2, 0.25) is 10.5 Å². The monoisotopic (exact) mass is 468 g/mol. The SMILES string of the molecule is O=c1cc(SCc2ccccc2)n2c(-c3ccccc3)nc(=S)nc2n1Cc1ccccc1. The molecule has 0 aliphatic heterocycles. The summed E-state index contributed by atoms with van der Waals surface area (Å²) in [7, 11) is 0. The molecule has 7 heteroatoms. The van der Waals surface area contributed by atoms with Gasteiger partial charge in [-0.2, -0.15) is 9.97 Å². The third-order valence-corrected chi connectivity index (χ3v) is 6.49. The third-order valence-electron chi connectivity index (χ3n) is 5.23. The molecule has 0 spiro atoms. The molecule has 0 aliphatic rings. The number of thioether (sulfide) groups is 1. The van der Waals surface area contributed by atoms with E-state index in [1.165, 1.54) is 5.56 Å². The minimum atomic E-state index is -0.124. The van der Waals surface area contributed by atoms with E-state index in [-0.39, 0.29) is 10.3 Å². The van der Waals surface area contributed by atoms with E-state index in [1.807, 2.05) is 83.3 Å². The highest BCUT2D eigenvalue weighted by atomic mass is 32.2. The van der Waals surface area contributed by atoms with Crippen molar-refractivity contribution in [2.24, 2.45) is 0 Å². The average molecular weight is 469 g/mol. The Hall–Kier alpha value is -3.55. The van der Waals surface area contributed by atoms with Gasteiger partial charge in [0.25, 0.3) is 5.56 Å². The standard InChI is InChI=1S/C26H20N4OS2/c31-22-16-23(33-18-20-12-6-2-7-13-20)30-24(21-14-8-3-9-15-21)27-25(32)28-26(30)29(22)17-19-10-4-1-5-11-19/h1-16H,17-18H2. The number of benzene rings is 3. The summed E-state index contributed by atoms with van der Waals surface area (Å²) in [6.45, 7) is 0.396. The highest BCUT2D eigenvalue weighted by molar-refractivity contribution is 7.98. The zero-order valence-corrected chi connectivity index (χ0v) is 19.3. The molecule has 0 unspecified atom stereocenters. The van der Waals surface area contributed by atoms with Gasteiger partial charge in [-0.25, -0.2) is 0 Å². The van der Waals surface area contributed by atoms with Crippen LogP contribution in [0.15, 0.2) is 107 Å². The first kappa shape index (κ1) is 21.3. The van der Waals surface area contributed by atoms with Crippen LogP contribution in [0.2, 0.25) is 0 Å². The van der Waals surface area contributed by atoms with E-state index in [4.69, 9.17) is 12.2 Å². The minimum Gasteiger partial charge on any atom is -0.274 e. The molecule has 162 valence electrons. The number of aromatic nitrogens is 4. The van der Waals surface area contributed by atoms with E-state index < -0.39 is 0 Å². The maximum atomic E-state index is 13.3. The van der Waals surface area contributed by atoms with Gasteiger partial charge in [-0.05, 0) is 23.3 Å². The predicted molar refractivity (Wildman–Crippen MR) is 135 cm³/mol. The van der Waals surface area contributed by atoms with Crippen LogP contribution in [-0.4, -0.2) is 18.9 Å². The van der Waals surface area contributed by atoms with Crippen molar-refractivity contribution in [2.45, 2.75) is 17.3 Å². The van der Waals surface area contributed by atoms with Gasteiger partial charge in [0.1, 0.15) is 0 Å². The van der Waals surface area contributed by atoms with Gasteiger partial charge in [-0.1, -0.05) is 91.0 Å². The van der Waals surface area contributed by atoms with Crippen LogP contribution in [0.4, 0.5) is 0 Å². The van der Waals surface area contributed by atoms with Gasteiger partial charge in [0.15, 0.2) is 5.82 Å². The second kappa shape index (κ2) is 9.52. The molecule has 33 heavy (non-hydrogen) atoms. The van der Waals surface area contributed by atoms with Crippen LogP contribution >= 0.6 is 24.0 Å². The van der Waals surface area contributed by atoms with Crippen LogP contribution in [-0.2, 0) is 12.3 Å². The quantitative estimate of drug-likeness (QED) is 0.184. The molecule has 0 amide bonds. The second-order valence-corrected chi connectivity index (χ2v) is 8.86. The highest BCUT2D eigenvalue weighted by Crippen LogP contribution is 2.27. The van der Waals surface area contributed by atoms with Gasteiger partial charge < -0.3 is 0 Å². The average Bonchev–Trinajstić information content (AvgIpc) is 2.86. The van der Waals surface area contributed by atoms with E-state index in [0.29, 0.717) is 18.1 Å². The fourth-order valence-electron chi connectivity index (χ4n) is 3.66. The number of nitrogens with zero attached hydrogens (tertiary/aromatic N) is 4. The Morgan fingerprint density at radius 2 is 1.39 bits per heavy atom. The zero-order valence-electron chi connectivity index (χ0n) is 17.7. The van der Waals surface area contributed by atoms with Crippen molar-refractivity contribution < 1.29 is 0 Å². The van der Waals surface area contributed by atoms with E-state index in [9.17, 15) is 4.79 Å². The molecule has 0 saturated heterocycles. The number of fused-ring (bicyclic) bond motifs is 1. The summed E-state index contributed by atoms with van der Waals surface area (Å²) in [5.74, 6) is 1.87. The molecular formula is C26H20N4OS2. The largest absolute Gasteiger partial charge is 0.274 e. The minimum absolute atomic E-state index is 0.124. The van der Waals surface area contributed by atoms with Crippen LogP contribution in [0, 0.1) is 4.77 Å². The number of hydrogen-bond acceptors (Lipinski definition) is 5. The lowest BCUT2D eigenvalue weighted by molar-refractivity contribution is 0.716. The molecule has 5 rings (SSSR count). The number of rotatable bonds is 6. The summed E-state index contributed by atoms with van der Waals surface area (Å²) in [6.07, 6.45) is 0. The van der Waals surface area contributed by atoms with E-state index in [1.54, 1.807) is 22.4 Å². The summed E-state index contributed by atoms with van der Waals surface area (Å²) < 4.78 is 3.81. The van der Waals surface area contributed by atoms with Crippen molar-refractivity contribution in [3.05, 3.63) is 123 Å². The van der Waals surface area contributed by atoms with Crippen LogP contribution in [0.1, 0.15) is 11.1 Å². The second-order valence-electron chi connectivity index (χ2n) is 7.50. The molecule has 2 heterocycles. The predicted octanol–water partition coefficient (Wildman–Crippen LogP) is 5.63. The molecular weight excluding hydrogens is 448 g/mol. The molecule has 2 aromatic heterocycles. The van der Waals surface area contributed by atoms with Gasteiger partial charge in [-0.15, -0.1) is 11.8 Å². The molecule has 0 saturated carbocycles. The van der Waals surface area contributed by atoms with Crippen molar-refractivity contribution in [1.82, 2.24) is 18.9 Å². The van der Waals surface area contributed by atoms with Gasteiger partial charge in [-0.3, -0.25) is 13.8 Å². The molecule has 0 fully saturated rings. The molecule has 0 atom stereocenters. The molecule has 0 N–H and O–H groups in total. The van der Waals surface area contributed by atoms with Crippen molar-refractivity contribution in [3.8, 4) is 11.4 Å². The zero-order chi connectivity index (χ0) is 22.6. The van der Waals surface area contributed by atoms with Gasteiger partial charge in [0, 0.05) is 17.4 Å². The smallest absolute Gasteiger partial charge is 0.256 e. The lowest BCUT2D eigenvalue weighted by atomic mass is 10.2. The lowest BCUT2D eigenvalue weighted by Crippen LogP contribution is -2.25. The lowest BCUT2D eigenvalue weighted by Gasteiger charge is -2.17. The fourth-order valence-corrected chi connectivity index (χ4v) is 4.82. The van der Waals surface area contributed by atoms with E-state index in [2.05, 4.69) is 22.1 Å². The summed E-state index contributed by atoms with van der Waals surface area (Å²) in [5.41, 5.74) is 2.97. The number of hydrogen-bond donors (Lipinski definition) is 0. The van der Waals surface area contributed by atoms with Crippen molar-refractivity contribution in [2.75, 3.05) is 0 Å². The van der Waals surface area contributed by atoms with Crippen LogP contribution < -0.4 is 5.56 Å². The Balaban J connectivity index is 1.73. The van der Waals surface area contributed by atoms with Crippen LogP contribution in [0.25, 0.3) is 17.2 Å². The van der Waals surface area contributed by atoms with Crippen molar-refractivity contribution in [3.63, 3.8) is 0 Å². The van der Waals surface area contributed by atoms with Crippen LogP contribution in [0.3, 0.4) is 0 Å². The topological polar surface area (TPSA) is 52.2 Å². The summed E-state index contributed by atoms with van der Waals surface area (Å²) in [5, 5.41) is 0.775. The maximum absolute atomic E-state index is 13.3. The highest BCUT2D eigenvalue weighted by Gasteiger charge is 2.16. The van der Waals surface area contributed by atoms with Crippen molar-refractivity contribution >= 4 is 29.8 Å². The van der Waals surface area contributed by atoms with Crippen LogP contribution in [0.5, 0.6) is 0 Å². The third kappa shape index (κ3) is 4.65. The molecule has 5 nitrogen and oxygen atoms in total. The Bertz CT molecular complexity index is 1520. The Kier molecular flexibility index (Phi) is 6.15. The molecule has 0 aliphatic carbocycles. The van der Waals surface area contributed by atoms with Gasteiger partial charge >= 0.3 is 0 Å². The maximum Gasteiger partial charge on any atom is 0.256 e. The first-order valence-corrected chi connectivity index (χ1v) is 11.9. The summed E-state index contributed by atoms with van der Waals surface area (Å²) in [4.78, 5) is 22.4. The fraction of sp³-hybridized carbons (Fsp3) is 0.0769. The first-order chi connectivity index (χ1) is 16.2. The Morgan fingerprint density at radius 3 is 2.06 bits per heavy atom. The first-order valence-electron chi connectivity index (χ1n) is 10.5. The molecule has 0 radical (unpaired) electrons. The van der Waals surface area contributed by atoms with Gasteiger partial charge in [0.05, 0.1) is 11.6 Å².